The van der Waals surface area contributed by atoms with E-state index in [1.807, 2.05) is 24.3 Å². The number of aliphatic hydroxyl groups is 1. The summed E-state index contributed by atoms with van der Waals surface area (Å²) in [6.45, 7) is 2.42. The zero-order chi connectivity index (χ0) is 11.7. The maximum atomic E-state index is 9.60. The molecule has 0 spiro atoms. The first-order valence-electron chi connectivity index (χ1n) is 6.06. The fourth-order valence-electron chi connectivity index (χ4n) is 2.35. The highest BCUT2D eigenvalue weighted by atomic mass is 16.3. The van der Waals surface area contributed by atoms with E-state index in [-0.39, 0.29) is 6.10 Å². The summed E-state index contributed by atoms with van der Waals surface area (Å²) >= 11 is 0. The number of benzene rings is 1. The van der Waals surface area contributed by atoms with Gasteiger partial charge in [0.15, 0.2) is 5.58 Å². The second kappa shape index (κ2) is 4.47. The molecule has 0 aliphatic carbocycles. The summed E-state index contributed by atoms with van der Waals surface area (Å²) < 4.78 is 5.67. The number of rotatable bonds is 2. The Balaban J connectivity index is 1.75. The minimum Gasteiger partial charge on any atom is -0.439 e. The number of nitrogens with zero attached hydrogens (tertiary/aromatic N) is 2. The summed E-state index contributed by atoms with van der Waals surface area (Å²) in [4.78, 5) is 6.64. The van der Waals surface area contributed by atoms with Gasteiger partial charge in [-0.05, 0) is 31.5 Å². The molecule has 2 aromatic rings. The summed E-state index contributed by atoms with van der Waals surface area (Å²) in [7, 11) is 0. The largest absolute Gasteiger partial charge is 0.439 e. The van der Waals surface area contributed by atoms with Gasteiger partial charge < -0.3 is 9.52 Å². The molecule has 1 unspecified atom stereocenters. The summed E-state index contributed by atoms with van der Waals surface area (Å²) in [5.74, 6) is 0.736. The molecule has 1 aromatic heterocycles. The van der Waals surface area contributed by atoms with E-state index in [4.69, 9.17) is 4.42 Å². The van der Waals surface area contributed by atoms with Crippen molar-refractivity contribution in [3.8, 4) is 0 Å². The normalized spacial score (nSPS) is 22.1. The molecule has 1 fully saturated rings. The van der Waals surface area contributed by atoms with Crippen LogP contribution in [0, 0.1) is 0 Å². The first-order valence-corrected chi connectivity index (χ1v) is 6.06. The predicted molar refractivity (Wildman–Crippen MR) is 64.5 cm³/mol. The van der Waals surface area contributed by atoms with Crippen LogP contribution < -0.4 is 0 Å². The van der Waals surface area contributed by atoms with E-state index < -0.39 is 0 Å². The van der Waals surface area contributed by atoms with E-state index in [9.17, 15) is 5.11 Å². The van der Waals surface area contributed by atoms with Crippen LogP contribution in [0.25, 0.3) is 11.1 Å². The van der Waals surface area contributed by atoms with Crippen LogP contribution in [0.5, 0.6) is 0 Å². The number of likely N-dealkylation sites (tertiary alicyclic amines) is 1. The molecule has 0 amide bonds. The van der Waals surface area contributed by atoms with Crippen molar-refractivity contribution >= 4 is 11.1 Å². The van der Waals surface area contributed by atoms with Crippen molar-refractivity contribution in [2.24, 2.45) is 0 Å². The van der Waals surface area contributed by atoms with Crippen LogP contribution in [-0.2, 0) is 6.54 Å². The minimum atomic E-state index is -0.201. The average molecular weight is 232 g/mol. The van der Waals surface area contributed by atoms with Gasteiger partial charge in [0.05, 0.1) is 12.6 Å². The molecule has 4 nitrogen and oxygen atoms in total. The first kappa shape index (κ1) is 10.7. The Kier molecular flexibility index (Phi) is 2.82. The van der Waals surface area contributed by atoms with Gasteiger partial charge in [0.1, 0.15) is 5.52 Å². The SMILES string of the molecule is OC1CCCN(Cc2nc3ccccc3o2)C1. The summed E-state index contributed by atoms with van der Waals surface area (Å²) in [5, 5.41) is 9.60. The average Bonchev–Trinajstić information content (AvgIpc) is 2.71. The van der Waals surface area contributed by atoms with Crippen LogP contribution in [0.3, 0.4) is 0 Å². The van der Waals surface area contributed by atoms with E-state index >= 15 is 0 Å². The van der Waals surface area contributed by atoms with Crippen molar-refractivity contribution in [3.05, 3.63) is 30.2 Å². The molecular formula is C13H16N2O2. The third-order valence-corrected chi connectivity index (χ3v) is 3.18. The summed E-state index contributed by atoms with van der Waals surface area (Å²) in [6, 6.07) is 7.78. The van der Waals surface area contributed by atoms with Crippen molar-refractivity contribution in [3.63, 3.8) is 0 Å². The van der Waals surface area contributed by atoms with Crippen LogP contribution in [0.4, 0.5) is 0 Å². The molecule has 1 aliphatic heterocycles. The highest BCUT2D eigenvalue weighted by Gasteiger charge is 2.19. The number of piperidine rings is 1. The minimum absolute atomic E-state index is 0.201. The van der Waals surface area contributed by atoms with Gasteiger partial charge in [-0.25, -0.2) is 4.98 Å². The quantitative estimate of drug-likeness (QED) is 0.857. The van der Waals surface area contributed by atoms with Crippen molar-refractivity contribution in [2.75, 3.05) is 13.1 Å². The van der Waals surface area contributed by atoms with Gasteiger partial charge in [0, 0.05) is 6.54 Å². The Morgan fingerprint density at radius 3 is 3.12 bits per heavy atom. The molecule has 90 valence electrons. The lowest BCUT2D eigenvalue weighted by Crippen LogP contribution is -2.37. The lowest BCUT2D eigenvalue weighted by Gasteiger charge is -2.28. The van der Waals surface area contributed by atoms with Crippen molar-refractivity contribution in [1.82, 2.24) is 9.88 Å². The van der Waals surface area contributed by atoms with Crippen molar-refractivity contribution < 1.29 is 9.52 Å². The molecule has 1 aliphatic rings. The summed E-state index contributed by atoms with van der Waals surface area (Å²) in [6.07, 6.45) is 1.75. The lowest BCUT2D eigenvalue weighted by molar-refractivity contribution is 0.0627. The van der Waals surface area contributed by atoms with E-state index in [1.54, 1.807) is 0 Å². The highest BCUT2D eigenvalue weighted by molar-refractivity contribution is 5.72. The Bertz CT molecular complexity index is 476. The van der Waals surface area contributed by atoms with Gasteiger partial charge in [-0.15, -0.1) is 0 Å². The highest BCUT2D eigenvalue weighted by Crippen LogP contribution is 2.18. The fourth-order valence-corrected chi connectivity index (χ4v) is 2.35. The van der Waals surface area contributed by atoms with Gasteiger partial charge in [-0.3, -0.25) is 4.90 Å². The van der Waals surface area contributed by atoms with Gasteiger partial charge in [-0.1, -0.05) is 12.1 Å². The Morgan fingerprint density at radius 2 is 2.29 bits per heavy atom. The second-order valence-electron chi connectivity index (χ2n) is 4.61. The molecule has 1 N–H and O–H groups in total. The number of hydrogen-bond donors (Lipinski definition) is 1. The topological polar surface area (TPSA) is 49.5 Å². The summed E-state index contributed by atoms with van der Waals surface area (Å²) in [5.41, 5.74) is 1.74. The number of β-amino-alcohol motifs (C(OH)–C–C–N with tert-alkyl or cyclic N) is 1. The maximum absolute atomic E-state index is 9.60. The molecule has 4 heteroatoms. The van der Waals surface area contributed by atoms with Gasteiger partial charge in [0.2, 0.25) is 5.89 Å². The van der Waals surface area contributed by atoms with Gasteiger partial charge in [-0.2, -0.15) is 0 Å². The monoisotopic (exact) mass is 232 g/mol. The third kappa shape index (κ3) is 2.33. The van der Waals surface area contributed by atoms with E-state index in [1.165, 1.54) is 0 Å². The molecule has 0 radical (unpaired) electrons. The zero-order valence-corrected chi connectivity index (χ0v) is 9.67. The molecule has 0 bridgehead atoms. The van der Waals surface area contributed by atoms with Crippen LogP contribution in [0.1, 0.15) is 18.7 Å². The fraction of sp³-hybridized carbons (Fsp3) is 0.462. The molecular weight excluding hydrogens is 216 g/mol. The molecule has 1 saturated heterocycles. The molecule has 0 saturated carbocycles. The molecule has 3 rings (SSSR count). The van der Waals surface area contributed by atoms with Crippen LogP contribution in [-0.4, -0.2) is 34.2 Å². The Labute approximate surface area is 99.9 Å². The van der Waals surface area contributed by atoms with E-state index in [0.29, 0.717) is 6.54 Å². The zero-order valence-electron chi connectivity index (χ0n) is 9.67. The van der Waals surface area contributed by atoms with Crippen molar-refractivity contribution in [1.29, 1.82) is 0 Å². The van der Waals surface area contributed by atoms with E-state index in [2.05, 4.69) is 9.88 Å². The number of aliphatic hydroxyl groups excluding tert-OH is 1. The number of para-hydroxylation sites is 2. The van der Waals surface area contributed by atoms with Crippen LogP contribution in [0.15, 0.2) is 28.7 Å². The van der Waals surface area contributed by atoms with Crippen molar-refractivity contribution in [2.45, 2.75) is 25.5 Å². The standard InChI is InChI=1S/C13H16N2O2/c16-10-4-3-7-15(8-10)9-13-14-11-5-1-2-6-12(11)17-13/h1-2,5-6,10,16H,3-4,7-9H2. The van der Waals surface area contributed by atoms with Gasteiger partial charge >= 0.3 is 0 Å². The first-order chi connectivity index (χ1) is 8.31. The number of oxazole rings is 1. The molecule has 17 heavy (non-hydrogen) atoms. The lowest BCUT2D eigenvalue weighted by atomic mass is 10.1. The predicted octanol–water partition coefficient (Wildman–Crippen LogP) is 1.78. The van der Waals surface area contributed by atoms with Gasteiger partial charge in [0.25, 0.3) is 0 Å². The van der Waals surface area contributed by atoms with Crippen LogP contribution >= 0.6 is 0 Å². The second-order valence-corrected chi connectivity index (χ2v) is 4.61. The molecule has 1 atom stereocenters. The number of aromatic nitrogens is 1. The van der Waals surface area contributed by atoms with E-state index in [0.717, 1.165) is 42.9 Å². The maximum Gasteiger partial charge on any atom is 0.209 e. The number of hydrogen-bond acceptors (Lipinski definition) is 4. The Hall–Kier alpha value is -1.39. The van der Waals surface area contributed by atoms with Crippen LogP contribution in [0.2, 0.25) is 0 Å². The third-order valence-electron chi connectivity index (χ3n) is 3.18. The number of fused-ring (bicyclic) bond motifs is 1. The Morgan fingerprint density at radius 1 is 1.41 bits per heavy atom. The molecule has 1 aromatic carbocycles. The molecule has 2 heterocycles. The smallest absolute Gasteiger partial charge is 0.209 e.